The second kappa shape index (κ2) is 10.9. The van der Waals surface area contributed by atoms with Crippen molar-refractivity contribution < 1.29 is 0 Å². The Morgan fingerprint density at radius 1 is 0.588 bits per heavy atom. The summed E-state index contributed by atoms with van der Waals surface area (Å²) in [5.41, 5.74) is 0. The van der Waals surface area contributed by atoms with Gasteiger partial charge >= 0.3 is 0 Å². The van der Waals surface area contributed by atoms with Crippen LogP contribution in [0.25, 0.3) is 0 Å². The lowest BCUT2D eigenvalue weighted by atomic mass is 9.97. The Morgan fingerprint density at radius 3 is 1.82 bits per heavy atom. The van der Waals surface area contributed by atoms with Crippen molar-refractivity contribution in [3.63, 3.8) is 0 Å². The molecule has 0 aromatic heterocycles. The molecule has 1 unspecified atom stereocenters. The molecule has 0 saturated carbocycles. The Hall–Kier alpha value is -0.260. The summed E-state index contributed by atoms with van der Waals surface area (Å²) in [4.78, 5) is 0. The van der Waals surface area contributed by atoms with E-state index in [9.17, 15) is 0 Å². The van der Waals surface area contributed by atoms with Crippen molar-refractivity contribution in [3.05, 3.63) is 12.2 Å². The standard InChI is InChI=1S/C17H32/c1-17-15-13-11-9-7-5-3-2-4-6-8-10-12-14-16-17/h9,11,17H,2-8,10,12-16H2,1H3. The van der Waals surface area contributed by atoms with Crippen LogP contribution in [-0.4, -0.2) is 0 Å². The number of hydrogen-bond acceptors (Lipinski definition) is 0. The molecule has 0 aliphatic heterocycles. The quantitative estimate of drug-likeness (QED) is 0.435. The number of hydrogen-bond donors (Lipinski definition) is 0. The van der Waals surface area contributed by atoms with Crippen LogP contribution in [0.5, 0.6) is 0 Å². The van der Waals surface area contributed by atoms with Gasteiger partial charge in [-0.25, -0.2) is 0 Å². The molecule has 17 heavy (non-hydrogen) atoms. The molecule has 0 heteroatoms. The van der Waals surface area contributed by atoms with E-state index in [0.717, 1.165) is 5.92 Å². The molecule has 0 amide bonds. The van der Waals surface area contributed by atoms with Crippen LogP contribution in [0.15, 0.2) is 12.2 Å². The maximum absolute atomic E-state index is 2.43. The molecule has 0 nitrogen and oxygen atoms in total. The van der Waals surface area contributed by atoms with E-state index in [1.54, 1.807) is 0 Å². The van der Waals surface area contributed by atoms with Crippen molar-refractivity contribution in [1.29, 1.82) is 0 Å². The second-order valence-corrected chi connectivity index (χ2v) is 5.91. The summed E-state index contributed by atoms with van der Waals surface area (Å²) in [5, 5.41) is 0. The van der Waals surface area contributed by atoms with E-state index < -0.39 is 0 Å². The van der Waals surface area contributed by atoms with Gasteiger partial charge in [-0.15, -0.1) is 0 Å². The summed E-state index contributed by atoms with van der Waals surface area (Å²) in [6, 6.07) is 0. The lowest BCUT2D eigenvalue weighted by Crippen LogP contribution is -1.94. The van der Waals surface area contributed by atoms with Gasteiger partial charge in [0, 0.05) is 0 Å². The zero-order chi connectivity index (χ0) is 12.2. The Balaban J connectivity index is 2.17. The fourth-order valence-electron chi connectivity index (χ4n) is 2.75. The Labute approximate surface area is 109 Å². The molecule has 1 aliphatic carbocycles. The van der Waals surface area contributed by atoms with Crippen LogP contribution in [0.1, 0.15) is 90.4 Å². The first-order valence-corrected chi connectivity index (χ1v) is 8.04. The van der Waals surface area contributed by atoms with Crippen molar-refractivity contribution >= 4 is 0 Å². The van der Waals surface area contributed by atoms with E-state index in [1.165, 1.54) is 83.5 Å². The molecule has 0 aromatic rings. The molecular formula is C17H32. The van der Waals surface area contributed by atoms with Gasteiger partial charge in [-0.3, -0.25) is 0 Å². The summed E-state index contributed by atoms with van der Waals surface area (Å²) < 4.78 is 0. The third kappa shape index (κ3) is 9.44. The van der Waals surface area contributed by atoms with Crippen LogP contribution in [-0.2, 0) is 0 Å². The topological polar surface area (TPSA) is 0 Å². The van der Waals surface area contributed by atoms with Crippen LogP contribution >= 0.6 is 0 Å². The first-order valence-electron chi connectivity index (χ1n) is 8.04. The van der Waals surface area contributed by atoms with Crippen molar-refractivity contribution in [2.45, 2.75) is 90.4 Å². The maximum Gasteiger partial charge on any atom is -0.0348 e. The van der Waals surface area contributed by atoms with Crippen LogP contribution in [0.2, 0.25) is 0 Å². The Morgan fingerprint density at radius 2 is 1.12 bits per heavy atom. The molecule has 0 aromatic carbocycles. The monoisotopic (exact) mass is 236 g/mol. The first-order chi connectivity index (χ1) is 8.39. The third-order valence-corrected chi connectivity index (χ3v) is 4.06. The predicted molar refractivity (Wildman–Crippen MR) is 78.3 cm³/mol. The fourth-order valence-corrected chi connectivity index (χ4v) is 2.75. The van der Waals surface area contributed by atoms with E-state index in [1.807, 2.05) is 0 Å². The van der Waals surface area contributed by atoms with Crippen molar-refractivity contribution in [2.75, 3.05) is 0 Å². The first kappa shape index (κ1) is 14.8. The molecule has 1 rings (SSSR count). The maximum atomic E-state index is 2.43. The largest absolute Gasteiger partial charge is 0.0885 e. The Kier molecular flexibility index (Phi) is 9.46. The third-order valence-electron chi connectivity index (χ3n) is 4.06. The van der Waals surface area contributed by atoms with E-state index in [4.69, 9.17) is 0 Å². The van der Waals surface area contributed by atoms with Crippen LogP contribution in [0.3, 0.4) is 0 Å². The average Bonchev–Trinajstić information content (AvgIpc) is 2.32. The summed E-state index contributed by atoms with van der Waals surface area (Å²) in [7, 11) is 0. The van der Waals surface area contributed by atoms with Gasteiger partial charge < -0.3 is 0 Å². The molecule has 0 heterocycles. The zero-order valence-corrected chi connectivity index (χ0v) is 11.9. The van der Waals surface area contributed by atoms with Gasteiger partial charge in [-0.2, -0.15) is 0 Å². The van der Waals surface area contributed by atoms with Crippen LogP contribution in [0.4, 0.5) is 0 Å². The molecule has 0 radical (unpaired) electrons. The van der Waals surface area contributed by atoms with Gasteiger partial charge in [0.15, 0.2) is 0 Å². The van der Waals surface area contributed by atoms with Gasteiger partial charge in [0.2, 0.25) is 0 Å². The molecule has 1 atom stereocenters. The molecule has 0 bridgehead atoms. The molecule has 0 fully saturated rings. The zero-order valence-electron chi connectivity index (χ0n) is 11.9. The highest BCUT2D eigenvalue weighted by Gasteiger charge is 2.01. The van der Waals surface area contributed by atoms with Crippen molar-refractivity contribution in [1.82, 2.24) is 0 Å². The van der Waals surface area contributed by atoms with Gasteiger partial charge in [0.1, 0.15) is 0 Å². The normalized spacial score (nSPS) is 26.8. The minimum absolute atomic E-state index is 0.938. The predicted octanol–water partition coefficient (Wildman–Crippen LogP) is 6.26. The van der Waals surface area contributed by atoms with Crippen molar-refractivity contribution in [2.24, 2.45) is 5.92 Å². The smallest absolute Gasteiger partial charge is 0.0348 e. The van der Waals surface area contributed by atoms with E-state index >= 15 is 0 Å². The fraction of sp³-hybridized carbons (Fsp3) is 0.882. The van der Waals surface area contributed by atoms with Gasteiger partial charge in [0.05, 0.1) is 0 Å². The average molecular weight is 236 g/mol. The summed E-state index contributed by atoms with van der Waals surface area (Å²) in [6.07, 6.45) is 23.5. The van der Waals surface area contributed by atoms with Gasteiger partial charge in [0.25, 0.3) is 0 Å². The molecule has 0 N–H and O–H groups in total. The lowest BCUT2D eigenvalue weighted by molar-refractivity contribution is 0.456. The highest BCUT2D eigenvalue weighted by Crippen LogP contribution is 2.17. The SMILES string of the molecule is CC1CCC=CCCCCCCCCCCC1. The highest BCUT2D eigenvalue weighted by atomic mass is 14.1. The molecule has 0 saturated heterocycles. The minimum atomic E-state index is 0.938. The van der Waals surface area contributed by atoms with Crippen LogP contribution < -0.4 is 0 Å². The van der Waals surface area contributed by atoms with Gasteiger partial charge in [-0.05, 0) is 31.6 Å². The summed E-state index contributed by atoms with van der Waals surface area (Å²) >= 11 is 0. The number of allylic oxidation sites excluding steroid dienone is 2. The second-order valence-electron chi connectivity index (χ2n) is 5.91. The van der Waals surface area contributed by atoms with E-state index in [2.05, 4.69) is 19.1 Å². The molecule has 1 aliphatic rings. The van der Waals surface area contributed by atoms with E-state index in [-0.39, 0.29) is 0 Å². The molecule has 0 spiro atoms. The van der Waals surface area contributed by atoms with E-state index in [0.29, 0.717) is 0 Å². The number of rotatable bonds is 0. The van der Waals surface area contributed by atoms with Crippen molar-refractivity contribution in [3.8, 4) is 0 Å². The Bertz CT molecular complexity index is 180. The highest BCUT2D eigenvalue weighted by molar-refractivity contribution is 4.82. The van der Waals surface area contributed by atoms with Gasteiger partial charge in [-0.1, -0.05) is 76.9 Å². The summed E-state index contributed by atoms with van der Waals surface area (Å²) in [5.74, 6) is 0.938. The minimum Gasteiger partial charge on any atom is -0.0885 e. The van der Waals surface area contributed by atoms with Crippen LogP contribution in [0, 0.1) is 5.92 Å². The lowest BCUT2D eigenvalue weighted by Gasteiger charge is -2.10. The summed E-state index contributed by atoms with van der Waals surface area (Å²) in [6.45, 7) is 2.43. The molecular weight excluding hydrogens is 204 g/mol. The molecule has 100 valence electrons.